The number of benzene rings is 3. The van der Waals surface area contributed by atoms with E-state index in [1.54, 1.807) is 13.8 Å². The maximum Gasteiger partial charge on any atom is 0.407 e. The molecule has 0 aliphatic heterocycles. The van der Waals surface area contributed by atoms with Gasteiger partial charge in [0.05, 0.1) is 0 Å². The van der Waals surface area contributed by atoms with Gasteiger partial charge >= 0.3 is 12.1 Å². The third kappa shape index (κ3) is 8.13. The van der Waals surface area contributed by atoms with Crippen LogP contribution >= 0.6 is 0 Å². The molecule has 1 aliphatic rings. The molecule has 9 nitrogen and oxygen atoms in total. The second-order valence-electron chi connectivity index (χ2n) is 11.8. The number of likely N-dealkylation sites (N-methyl/N-ethyl adjacent to an activating group) is 1. The molecule has 0 aromatic heterocycles. The highest BCUT2D eigenvalue weighted by molar-refractivity contribution is 6.71. The van der Waals surface area contributed by atoms with Crippen LogP contribution in [0.1, 0.15) is 36.5 Å². The molecule has 0 radical (unpaired) electrons. The minimum Gasteiger partial charge on any atom is -0.518 e. The van der Waals surface area contributed by atoms with E-state index in [1.165, 1.54) is 4.90 Å². The average Bonchev–Trinajstić information content (AvgIpc) is 3.32. The van der Waals surface area contributed by atoms with Crippen molar-refractivity contribution in [2.75, 3.05) is 19.7 Å². The van der Waals surface area contributed by atoms with E-state index in [2.05, 4.69) is 22.8 Å². The molecular formula is C34H41N3O6Si. The number of fused-ring (bicyclic) bond motifs is 3. The van der Waals surface area contributed by atoms with Gasteiger partial charge in [-0.15, -0.1) is 0 Å². The van der Waals surface area contributed by atoms with Gasteiger partial charge in [-0.1, -0.05) is 78.9 Å². The van der Waals surface area contributed by atoms with Gasteiger partial charge in [0, 0.05) is 18.9 Å². The van der Waals surface area contributed by atoms with Crippen LogP contribution < -0.4 is 10.6 Å². The lowest BCUT2D eigenvalue weighted by molar-refractivity contribution is -0.143. The van der Waals surface area contributed by atoms with Crippen molar-refractivity contribution in [1.29, 1.82) is 0 Å². The summed E-state index contributed by atoms with van der Waals surface area (Å²) < 4.78 is 11.2. The molecule has 2 N–H and O–H groups in total. The number of amides is 3. The van der Waals surface area contributed by atoms with Crippen LogP contribution in [0.5, 0.6) is 0 Å². The maximum absolute atomic E-state index is 13.3. The number of hydrogen-bond acceptors (Lipinski definition) is 6. The quantitative estimate of drug-likeness (QED) is 0.281. The Morgan fingerprint density at radius 2 is 1.43 bits per heavy atom. The van der Waals surface area contributed by atoms with Gasteiger partial charge in [0.25, 0.3) is 0 Å². The lowest BCUT2D eigenvalue weighted by atomic mass is 9.98. The van der Waals surface area contributed by atoms with Gasteiger partial charge in [-0.05, 0) is 61.3 Å². The normalized spacial score (nSPS) is 13.6. The second kappa shape index (κ2) is 14.4. The zero-order chi connectivity index (χ0) is 31.9. The minimum atomic E-state index is -2.21. The van der Waals surface area contributed by atoms with Crippen LogP contribution in [-0.2, 0) is 30.0 Å². The van der Waals surface area contributed by atoms with Crippen LogP contribution in [-0.4, -0.2) is 68.9 Å². The molecule has 2 atom stereocenters. The Morgan fingerprint density at radius 1 is 0.864 bits per heavy atom. The maximum atomic E-state index is 13.3. The van der Waals surface area contributed by atoms with Crippen molar-refractivity contribution in [3.63, 3.8) is 0 Å². The van der Waals surface area contributed by atoms with E-state index in [-0.39, 0.29) is 32.0 Å². The summed E-state index contributed by atoms with van der Waals surface area (Å²) >= 11 is 0. The van der Waals surface area contributed by atoms with Gasteiger partial charge < -0.3 is 24.7 Å². The number of alkyl carbamates (subject to hydrolysis) is 1. The van der Waals surface area contributed by atoms with Crippen molar-refractivity contribution < 1.29 is 28.3 Å². The van der Waals surface area contributed by atoms with E-state index < -0.39 is 44.3 Å². The van der Waals surface area contributed by atoms with Crippen LogP contribution in [0.25, 0.3) is 11.1 Å². The van der Waals surface area contributed by atoms with Gasteiger partial charge in [0.1, 0.15) is 25.2 Å². The number of carbonyl (C=O) groups excluding carboxylic acids is 4. The van der Waals surface area contributed by atoms with Gasteiger partial charge in [-0.25, -0.2) is 4.79 Å². The fourth-order valence-corrected chi connectivity index (χ4v) is 6.16. The number of nitrogens with zero attached hydrogens (tertiary/aromatic N) is 1. The number of rotatable bonds is 12. The van der Waals surface area contributed by atoms with E-state index in [0.717, 1.165) is 27.8 Å². The molecular weight excluding hydrogens is 574 g/mol. The third-order valence-corrected chi connectivity index (χ3v) is 8.34. The monoisotopic (exact) mass is 615 g/mol. The highest BCUT2D eigenvalue weighted by atomic mass is 28.4. The summed E-state index contributed by atoms with van der Waals surface area (Å²) in [6.07, 6.45) is -0.461. The minimum absolute atomic E-state index is 0.101. The molecule has 3 aromatic rings. The molecule has 3 aromatic carbocycles. The predicted molar refractivity (Wildman–Crippen MR) is 171 cm³/mol. The molecule has 0 saturated heterocycles. The van der Waals surface area contributed by atoms with Gasteiger partial charge in [0.15, 0.2) is 0 Å². The standard InChI is InChI=1S/C34H41N3O6Si/c1-6-37(23(2)32(39)36-30(33(40)43-44(3,4)5)20-24-14-8-7-9-15-24)31(38)21-35-34(41)42-22-29-27-18-12-10-16-25(27)26-17-11-13-19-28(26)29/h7-19,23,29-30H,6,20-22H2,1-5H3,(H,35,41)(H,36,39)/t23-,30-/m0/s1. The lowest BCUT2D eigenvalue weighted by Crippen LogP contribution is -2.55. The van der Waals surface area contributed by atoms with E-state index in [1.807, 2.05) is 86.4 Å². The van der Waals surface area contributed by atoms with Crippen LogP contribution in [0.2, 0.25) is 19.6 Å². The molecule has 1 aliphatic carbocycles. The van der Waals surface area contributed by atoms with E-state index in [9.17, 15) is 19.2 Å². The van der Waals surface area contributed by atoms with Crippen molar-refractivity contribution in [3.8, 4) is 11.1 Å². The van der Waals surface area contributed by atoms with Crippen molar-refractivity contribution in [2.45, 2.75) is 57.9 Å². The largest absolute Gasteiger partial charge is 0.518 e. The molecule has 3 amide bonds. The summed E-state index contributed by atoms with van der Waals surface area (Å²) in [4.78, 5) is 53.4. The van der Waals surface area contributed by atoms with E-state index in [4.69, 9.17) is 9.16 Å². The number of hydrogen-bond donors (Lipinski definition) is 2. The predicted octanol–water partition coefficient (Wildman–Crippen LogP) is 4.87. The number of carbonyl (C=O) groups is 4. The van der Waals surface area contributed by atoms with Gasteiger partial charge in [-0.2, -0.15) is 0 Å². The summed E-state index contributed by atoms with van der Waals surface area (Å²) in [7, 11) is -2.21. The molecule has 0 heterocycles. The second-order valence-corrected chi connectivity index (χ2v) is 16.2. The third-order valence-electron chi connectivity index (χ3n) is 7.53. The van der Waals surface area contributed by atoms with Crippen LogP contribution in [0.3, 0.4) is 0 Å². The number of ether oxygens (including phenoxy) is 1. The van der Waals surface area contributed by atoms with Crippen LogP contribution in [0.4, 0.5) is 4.79 Å². The van der Waals surface area contributed by atoms with Crippen LogP contribution in [0, 0.1) is 0 Å². The molecule has 232 valence electrons. The molecule has 0 spiro atoms. The van der Waals surface area contributed by atoms with Crippen molar-refractivity contribution in [2.24, 2.45) is 0 Å². The van der Waals surface area contributed by atoms with Crippen molar-refractivity contribution in [3.05, 3.63) is 95.6 Å². The topological polar surface area (TPSA) is 114 Å². The first-order valence-corrected chi connectivity index (χ1v) is 18.3. The molecule has 44 heavy (non-hydrogen) atoms. The Balaban J connectivity index is 1.33. The van der Waals surface area contributed by atoms with Gasteiger partial charge in [0.2, 0.25) is 20.1 Å². The summed E-state index contributed by atoms with van der Waals surface area (Å²) in [5, 5.41) is 5.32. The lowest BCUT2D eigenvalue weighted by Gasteiger charge is -2.29. The molecule has 10 heteroatoms. The SMILES string of the molecule is CCN(C(=O)CNC(=O)OCC1c2ccccc2-c2ccccc21)[C@@H](C)C(=O)N[C@@H](Cc1ccccc1)C(=O)O[Si](C)(C)C. The summed E-state index contributed by atoms with van der Waals surface area (Å²) in [6, 6.07) is 23.6. The zero-order valence-corrected chi connectivity index (χ0v) is 27.0. The first-order valence-electron chi connectivity index (χ1n) is 14.9. The number of nitrogens with one attached hydrogen (secondary N) is 2. The molecule has 0 unspecified atom stereocenters. The molecule has 4 rings (SSSR count). The van der Waals surface area contributed by atoms with Crippen molar-refractivity contribution >= 4 is 32.2 Å². The Hall–Kier alpha value is -4.44. The molecule has 0 fully saturated rings. The van der Waals surface area contributed by atoms with E-state index in [0.29, 0.717) is 0 Å². The zero-order valence-electron chi connectivity index (χ0n) is 26.0. The first-order chi connectivity index (χ1) is 21.0. The fraction of sp³-hybridized carbons (Fsp3) is 0.353. The summed E-state index contributed by atoms with van der Waals surface area (Å²) in [5.41, 5.74) is 5.30. The Kier molecular flexibility index (Phi) is 10.6. The fourth-order valence-electron chi connectivity index (χ4n) is 5.41. The smallest absolute Gasteiger partial charge is 0.407 e. The Morgan fingerprint density at radius 3 is 2.00 bits per heavy atom. The highest BCUT2D eigenvalue weighted by Gasteiger charge is 2.32. The highest BCUT2D eigenvalue weighted by Crippen LogP contribution is 2.44. The first kappa shape index (κ1) is 32.5. The Labute approximate surface area is 260 Å². The van der Waals surface area contributed by atoms with E-state index >= 15 is 0 Å². The Bertz CT molecular complexity index is 1440. The van der Waals surface area contributed by atoms with Gasteiger partial charge in [-0.3, -0.25) is 14.4 Å². The molecule has 0 bridgehead atoms. The molecule has 0 saturated carbocycles. The summed E-state index contributed by atoms with van der Waals surface area (Å²) in [6.45, 7) is 9.04. The van der Waals surface area contributed by atoms with Crippen LogP contribution in [0.15, 0.2) is 78.9 Å². The average molecular weight is 616 g/mol. The summed E-state index contributed by atoms with van der Waals surface area (Å²) in [5.74, 6) is -1.54. The van der Waals surface area contributed by atoms with Crippen molar-refractivity contribution in [1.82, 2.24) is 15.5 Å².